The van der Waals surface area contributed by atoms with E-state index in [2.05, 4.69) is 5.32 Å². The number of rotatable bonds is 6. The van der Waals surface area contributed by atoms with Crippen LogP contribution in [0.2, 0.25) is 10.0 Å². The fourth-order valence-corrected chi connectivity index (χ4v) is 3.07. The monoisotopic (exact) mass is 393 g/mol. The van der Waals surface area contributed by atoms with Gasteiger partial charge in [-0.15, -0.1) is 0 Å². The minimum atomic E-state index is -0.171. The van der Waals surface area contributed by atoms with E-state index < -0.39 is 0 Å². The molecule has 0 aliphatic heterocycles. The van der Waals surface area contributed by atoms with E-state index in [1.54, 1.807) is 44.4 Å². The van der Waals surface area contributed by atoms with Gasteiger partial charge in [-0.2, -0.15) is 0 Å². The van der Waals surface area contributed by atoms with Gasteiger partial charge in [0.25, 0.3) is 5.91 Å². The van der Waals surface area contributed by atoms with E-state index >= 15 is 0 Å². The van der Waals surface area contributed by atoms with Gasteiger partial charge in [-0.3, -0.25) is 14.5 Å². The van der Waals surface area contributed by atoms with Crippen LogP contribution in [0, 0.1) is 0 Å². The molecule has 0 atom stereocenters. The molecule has 2 aromatic carbocycles. The molecular weight excluding hydrogens is 373 g/mol. The number of nitrogens with one attached hydrogen (secondary N) is 1. The highest BCUT2D eigenvalue weighted by atomic mass is 35.5. The van der Waals surface area contributed by atoms with Crippen LogP contribution in [-0.2, 0) is 11.3 Å². The van der Waals surface area contributed by atoms with Gasteiger partial charge in [0.15, 0.2) is 0 Å². The summed E-state index contributed by atoms with van der Waals surface area (Å²) >= 11 is 12.0. The smallest absolute Gasteiger partial charge is 0.253 e. The van der Waals surface area contributed by atoms with Gasteiger partial charge in [0, 0.05) is 41.9 Å². The molecule has 0 unspecified atom stereocenters. The summed E-state index contributed by atoms with van der Waals surface area (Å²) in [7, 11) is 5.20. The first-order valence-corrected chi connectivity index (χ1v) is 8.75. The lowest BCUT2D eigenvalue weighted by Crippen LogP contribution is -2.30. The third-order valence-corrected chi connectivity index (χ3v) is 4.02. The van der Waals surface area contributed by atoms with Gasteiger partial charge in [-0.05, 0) is 49.0 Å². The largest absolute Gasteiger partial charge is 0.345 e. The van der Waals surface area contributed by atoms with Gasteiger partial charge in [-0.25, -0.2) is 0 Å². The second-order valence-corrected chi connectivity index (χ2v) is 7.15. The van der Waals surface area contributed by atoms with Crippen molar-refractivity contribution in [3.05, 3.63) is 63.6 Å². The minimum Gasteiger partial charge on any atom is -0.345 e. The van der Waals surface area contributed by atoms with Crippen LogP contribution in [0.4, 0.5) is 5.69 Å². The fraction of sp³-hybridized carbons (Fsp3) is 0.263. The molecule has 138 valence electrons. The Morgan fingerprint density at radius 3 is 2.27 bits per heavy atom. The fourth-order valence-electron chi connectivity index (χ4n) is 2.50. The number of carbonyl (C=O) groups excluding carboxylic acids is 2. The van der Waals surface area contributed by atoms with Crippen LogP contribution in [0.3, 0.4) is 0 Å². The summed E-state index contributed by atoms with van der Waals surface area (Å²) in [5, 5.41) is 3.94. The molecule has 0 saturated carbocycles. The van der Waals surface area contributed by atoms with E-state index in [1.807, 2.05) is 24.1 Å². The second kappa shape index (κ2) is 9.03. The molecule has 2 rings (SSSR count). The Kier molecular flexibility index (Phi) is 7.03. The summed E-state index contributed by atoms with van der Waals surface area (Å²) in [6.07, 6.45) is 0. The van der Waals surface area contributed by atoms with Crippen LogP contribution < -0.4 is 5.32 Å². The molecule has 26 heavy (non-hydrogen) atoms. The van der Waals surface area contributed by atoms with Crippen molar-refractivity contribution in [2.75, 3.05) is 33.0 Å². The molecule has 0 saturated heterocycles. The van der Waals surface area contributed by atoms with Gasteiger partial charge in [0.05, 0.1) is 6.54 Å². The first-order chi connectivity index (χ1) is 12.2. The molecule has 0 radical (unpaired) electrons. The average Bonchev–Trinajstić information content (AvgIpc) is 2.52. The lowest BCUT2D eigenvalue weighted by molar-refractivity contribution is -0.117. The predicted molar refractivity (Wildman–Crippen MR) is 106 cm³/mol. The zero-order valence-electron chi connectivity index (χ0n) is 14.9. The summed E-state index contributed by atoms with van der Waals surface area (Å²) in [5.41, 5.74) is 2.04. The number of halogens is 2. The first-order valence-electron chi connectivity index (χ1n) is 7.99. The Bertz CT molecular complexity index is 789. The first kappa shape index (κ1) is 20.2. The maximum atomic E-state index is 12.3. The lowest BCUT2D eigenvalue weighted by atomic mass is 10.2. The third-order valence-electron chi connectivity index (χ3n) is 3.59. The molecule has 0 fully saturated rings. The Labute approximate surface area is 163 Å². The van der Waals surface area contributed by atoms with E-state index in [4.69, 9.17) is 23.2 Å². The maximum Gasteiger partial charge on any atom is 0.253 e. The highest BCUT2D eigenvalue weighted by Gasteiger charge is 2.11. The molecule has 7 heteroatoms. The number of anilines is 1. The van der Waals surface area contributed by atoms with Gasteiger partial charge in [0.2, 0.25) is 5.91 Å². The Hall–Kier alpha value is -2.08. The summed E-state index contributed by atoms with van der Waals surface area (Å²) in [5.74, 6) is -0.286. The molecule has 0 aromatic heterocycles. The number of amides is 2. The van der Waals surface area contributed by atoms with Crippen molar-refractivity contribution >= 4 is 40.7 Å². The van der Waals surface area contributed by atoms with Crippen molar-refractivity contribution in [1.29, 1.82) is 0 Å². The van der Waals surface area contributed by atoms with Crippen LogP contribution in [0.5, 0.6) is 0 Å². The Morgan fingerprint density at radius 1 is 1.00 bits per heavy atom. The number of benzene rings is 2. The number of hydrogen-bond donors (Lipinski definition) is 1. The van der Waals surface area contributed by atoms with Crippen molar-refractivity contribution in [1.82, 2.24) is 9.80 Å². The minimum absolute atomic E-state index is 0.115. The van der Waals surface area contributed by atoms with Gasteiger partial charge in [-0.1, -0.05) is 29.3 Å². The zero-order chi connectivity index (χ0) is 19.3. The van der Waals surface area contributed by atoms with Crippen LogP contribution in [0.1, 0.15) is 15.9 Å². The lowest BCUT2D eigenvalue weighted by Gasteiger charge is -2.17. The molecule has 1 N–H and O–H groups in total. The van der Waals surface area contributed by atoms with E-state index in [-0.39, 0.29) is 18.4 Å². The van der Waals surface area contributed by atoms with Gasteiger partial charge >= 0.3 is 0 Å². The predicted octanol–water partition coefficient (Wildman–Crippen LogP) is 3.77. The van der Waals surface area contributed by atoms with Gasteiger partial charge < -0.3 is 10.2 Å². The molecule has 2 aromatic rings. The van der Waals surface area contributed by atoms with Crippen molar-refractivity contribution in [3.8, 4) is 0 Å². The SMILES string of the molecule is CN(CC(=O)Nc1cccc(C(=O)N(C)C)c1)Cc1cc(Cl)cc(Cl)c1. The Morgan fingerprint density at radius 2 is 1.65 bits per heavy atom. The van der Waals surface area contributed by atoms with E-state index in [9.17, 15) is 9.59 Å². The van der Waals surface area contributed by atoms with Crippen molar-refractivity contribution in [2.24, 2.45) is 0 Å². The van der Waals surface area contributed by atoms with E-state index in [0.29, 0.717) is 27.8 Å². The molecule has 0 aliphatic carbocycles. The summed E-state index contributed by atoms with van der Waals surface area (Å²) < 4.78 is 0. The van der Waals surface area contributed by atoms with Crippen molar-refractivity contribution in [3.63, 3.8) is 0 Å². The van der Waals surface area contributed by atoms with Crippen LogP contribution >= 0.6 is 23.2 Å². The van der Waals surface area contributed by atoms with Crippen molar-refractivity contribution in [2.45, 2.75) is 6.54 Å². The normalized spacial score (nSPS) is 10.7. The molecular formula is C19H21Cl2N3O2. The Balaban J connectivity index is 1.95. The van der Waals surface area contributed by atoms with Crippen LogP contribution in [0.15, 0.2) is 42.5 Å². The molecule has 0 bridgehead atoms. The summed E-state index contributed by atoms with van der Waals surface area (Å²) in [6.45, 7) is 0.725. The zero-order valence-corrected chi connectivity index (χ0v) is 16.4. The molecule has 0 aliphatic rings. The molecule has 0 heterocycles. The molecule has 5 nitrogen and oxygen atoms in total. The van der Waals surface area contributed by atoms with E-state index in [0.717, 1.165) is 5.56 Å². The highest BCUT2D eigenvalue weighted by Crippen LogP contribution is 2.20. The summed E-state index contributed by atoms with van der Waals surface area (Å²) in [4.78, 5) is 27.6. The highest BCUT2D eigenvalue weighted by molar-refractivity contribution is 6.34. The second-order valence-electron chi connectivity index (χ2n) is 6.28. The standard InChI is InChI=1S/C19H21Cl2N3O2/c1-23(2)19(26)14-5-4-6-17(9-14)22-18(25)12-24(3)11-13-7-15(20)10-16(21)8-13/h4-10H,11-12H2,1-3H3,(H,22,25). The summed E-state index contributed by atoms with van der Waals surface area (Å²) in [6, 6.07) is 12.2. The topological polar surface area (TPSA) is 52.7 Å². The molecule has 2 amide bonds. The number of hydrogen-bond acceptors (Lipinski definition) is 3. The van der Waals surface area contributed by atoms with Crippen LogP contribution in [0.25, 0.3) is 0 Å². The van der Waals surface area contributed by atoms with Crippen molar-refractivity contribution < 1.29 is 9.59 Å². The quantitative estimate of drug-likeness (QED) is 0.812. The molecule has 0 spiro atoms. The number of carbonyl (C=O) groups is 2. The maximum absolute atomic E-state index is 12.3. The number of likely N-dealkylation sites (N-methyl/N-ethyl adjacent to an activating group) is 1. The third kappa shape index (κ3) is 6.02. The van der Waals surface area contributed by atoms with E-state index in [1.165, 1.54) is 4.90 Å². The van der Waals surface area contributed by atoms with Gasteiger partial charge in [0.1, 0.15) is 0 Å². The average molecular weight is 394 g/mol. The number of nitrogens with zero attached hydrogens (tertiary/aromatic N) is 2. The van der Waals surface area contributed by atoms with Crippen LogP contribution in [-0.4, -0.2) is 49.3 Å².